The summed E-state index contributed by atoms with van der Waals surface area (Å²) in [5, 5.41) is 2.91. The molecule has 30 heavy (non-hydrogen) atoms. The summed E-state index contributed by atoms with van der Waals surface area (Å²) >= 11 is 0. The fraction of sp³-hybridized carbons (Fsp3) is 0.391. The number of anilines is 2. The van der Waals surface area contributed by atoms with Crippen LogP contribution in [0.25, 0.3) is 0 Å². The Bertz CT molecular complexity index is 914. The highest BCUT2D eigenvalue weighted by atomic mass is 16.5. The van der Waals surface area contributed by atoms with Crippen molar-refractivity contribution >= 4 is 23.2 Å². The van der Waals surface area contributed by atoms with E-state index in [-0.39, 0.29) is 11.8 Å². The second kappa shape index (κ2) is 9.52. The molecule has 0 aromatic heterocycles. The Morgan fingerprint density at radius 2 is 1.60 bits per heavy atom. The first-order valence-corrected chi connectivity index (χ1v) is 10.3. The zero-order chi connectivity index (χ0) is 21.7. The molecule has 0 aliphatic carbocycles. The van der Waals surface area contributed by atoms with Gasteiger partial charge in [-0.25, -0.2) is 0 Å². The summed E-state index contributed by atoms with van der Waals surface area (Å²) in [6, 6.07) is 8.94. The predicted molar refractivity (Wildman–Crippen MR) is 116 cm³/mol. The molecule has 2 aromatic carbocycles. The molecule has 0 fully saturated rings. The Labute approximate surface area is 176 Å². The molecule has 0 radical (unpaired) electrons. The van der Waals surface area contributed by atoms with Crippen molar-refractivity contribution in [2.45, 2.75) is 34.1 Å². The minimum absolute atomic E-state index is 0.00791. The molecule has 0 bridgehead atoms. The summed E-state index contributed by atoms with van der Waals surface area (Å²) < 4.78 is 17.1. The monoisotopic (exact) mass is 412 g/mol. The number of hydrogen-bond donors (Lipinski definition) is 1. The van der Waals surface area contributed by atoms with Gasteiger partial charge in [0.15, 0.2) is 11.5 Å². The molecule has 0 unspecified atom stereocenters. The molecule has 1 N–H and O–H groups in total. The number of benzene rings is 2. The van der Waals surface area contributed by atoms with Gasteiger partial charge in [-0.3, -0.25) is 9.59 Å². The summed E-state index contributed by atoms with van der Waals surface area (Å²) in [6.07, 6.45) is 0.817. The first-order chi connectivity index (χ1) is 14.5. The van der Waals surface area contributed by atoms with Crippen LogP contribution in [-0.4, -0.2) is 38.2 Å². The number of carbonyl (C=O) groups excluding carboxylic acids is 2. The Kier molecular flexibility index (Phi) is 6.82. The van der Waals surface area contributed by atoms with Gasteiger partial charge >= 0.3 is 0 Å². The van der Waals surface area contributed by atoms with Gasteiger partial charge in [0.25, 0.3) is 5.91 Å². The van der Waals surface area contributed by atoms with Gasteiger partial charge in [0, 0.05) is 30.4 Å². The predicted octanol–water partition coefficient (Wildman–Crippen LogP) is 4.04. The summed E-state index contributed by atoms with van der Waals surface area (Å²) in [5.74, 6) is 1.12. The Morgan fingerprint density at radius 3 is 2.17 bits per heavy atom. The average Bonchev–Trinajstić information content (AvgIpc) is 3.14. The average molecular weight is 412 g/mol. The maximum absolute atomic E-state index is 13.0. The third-order valence-electron chi connectivity index (χ3n) is 4.79. The van der Waals surface area contributed by atoms with E-state index >= 15 is 0 Å². The van der Waals surface area contributed by atoms with Gasteiger partial charge in [-0.15, -0.1) is 0 Å². The molecular formula is C23H28N2O5. The molecular weight excluding hydrogens is 384 g/mol. The lowest BCUT2D eigenvalue weighted by Gasteiger charge is -2.18. The fourth-order valence-corrected chi connectivity index (χ4v) is 3.51. The Balaban J connectivity index is 1.90. The van der Waals surface area contributed by atoms with Gasteiger partial charge < -0.3 is 24.4 Å². The smallest absolute Gasteiger partial charge is 0.255 e. The summed E-state index contributed by atoms with van der Waals surface area (Å²) in [6.45, 7) is 9.14. The van der Waals surface area contributed by atoms with Gasteiger partial charge in [-0.05, 0) is 57.0 Å². The number of ether oxygens (including phenoxy) is 3. The van der Waals surface area contributed by atoms with Crippen LogP contribution in [0.5, 0.6) is 17.2 Å². The normalized spacial score (nSPS) is 12.3. The van der Waals surface area contributed by atoms with Crippen molar-refractivity contribution in [2.75, 3.05) is 36.6 Å². The third kappa shape index (κ3) is 4.50. The third-order valence-corrected chi connectivity index (χ3v) is 4.79. The van der Waals surface area contributed by atoms with Crippen molar-refractivity contribution in [1.29, 1.82) is 0 Å². The zero-order valence-corrected chi connectivity index (χ0v) is 17.9. The molecule has 1 aliphatic rings. The van der Waals surface area contributed by atoms with E-state index in [9.17, 15) is 9.59 Å². The van der Waals surface area contributed by atoms with Gasteiger partial charge in [0.05, 0.1) is 19.8 Å². The number of amides is 2. The molecule has 2 aromatic rings. The van der Waals surface area contributed by atoms with E-state index in [4.69, 9.17) is 14.2 Å². The maximum atomic E-state index is 13.0. The Hall–Kier alpha value is -3.22. The van der Waals surface area contributed by atoms with E-state index in [2.05, 4.69) is 5.32 Å². The van der Waals surface area contributed by atoms with Crippen molar-refractivity contribution in [3.8, 4) is 17.2 Å². The van der Waals surface area contributed by atoms with Gasteiger partial charge in [0.2, 0.25) is 11.7 Å². The van der Waals surface area contributed by atoms with Crippen LogP contribution in [0.4, 0.5) is 11.4 Å². The molecule has 7 nitrogen and oxygen atoms in total. The van der Waals surface area contributed by atoms with Crippen LogP contribution in [-0.2, 0) is 11.2 Å². The highest BCUT2D eigenvalue weighted by Crippen LogP contribution is 2.39. The summed E-state index contributed by atoms with van der Waals surface area (Å²) in [5.41, 5.74) is 2.96. The fourth-order valence-electron chi connectivity index (χ4n) is 3.51. The Morgan fingerprint density at radius 1 is 0.967 bits per heavy atom. The molecule has 1 aliphatic heterocycles. The number of nitrogens with zero attached hydrogens (tertiary/aromatic N) is 1. The maximum Gasteiger partial charge on any atom is 0.255 e. The van der Waals surface area contributed by atoms with E-state index in [0.29, 0.717) is 54.9 Å². The lowest BCUT2D eigenvalue weighted by molar-refractivity contribution is -0.116. The number of rotatable bonds is 8. The van der Waals surface area contributed by atoms with Crippen molar-refractivity contribution in [1.82, 2.24) is 0 Å². The topological polar surface area (TPSA) is 77.1 Å². The van der Waals surface area contributed by atoms with E-state index in [1.54, 1.807) is 24.0 Å². The van der Waals surface area contributed by atoms with Crippen LogP contribution in [0.1, 0.15) is 43.6 Å². The second-order valence-electron chi connectivity index (χ2n) is 6.82. The van der Waals surface area contributed by atoms with Crippen molar-refractivity contribution in [3.63, 3.8) is 0 Å². The van der Waals surface area contributed by atoms with Crippen LogP contribution in [0.2, 0.25) is 0 Å². The van der Waals surface area contributed by atoms with E-state index < -0.39 is 0 Å². The van der Waals surface area contributed by atoms with Gasteiger partial charge in [-0.1, -0.05) is 6.07 Å². The van der Waals surface area contributed by atoms with Crippen LogP contribution >= 0.6 is 0 Å². The number of fused-ring (bicyclic) bond motifs is 1. The molecule has 0 spiro atoms. The standard InChI is InChI=1S/C23H28N2O5/c1-5-28-20-12-17(13-21(29-6-2)22(20)30-7-3)23(27)24-18-9-8-16-10-11-25(15(4)26)19(16)14-18/h8-9,12-14H,5-7,10-11H2,1-4H3,(H,24,27). The first-order valence-electron chi connectivity index (χ1n) is 10.3. The molecule has 2 amide bonds. The molecule has 0 saturated heterocycles. The number of hydrogen-bond acceptors (Lipinski definition) is 5. The van der Waals surface area contributed by atoms with Gasteiger partial charge in [0.1, 0.15) is 0 Å². The SMILES string of the molecule is CCOc1cc(C(=O)Nc2ccc3c(c2)N(C(C)=O)CC3)cc(OCC)c1OCC. The highest BCUT2D eigenvalue weighted by molar-refractivity contribution is 6.05. The number of nitrogens with one attached hydrogen (secondary N) is 1. The quantitative estimate of drug-likeness (QED) is 0.708. The van der Waals surface area contributed by atoms with Crippen molar-refractivity contribution in [2.24, 2.45) is 0 Å². The molecule has 160 valence electrons. The van der Waals surface area contributed by atoms with Crippen LogP contribution in [0.3, 0.4) is 0 Å². The molecule has 0 saturated carbocycles. The van der Waals surface area contributed by atoms with Crippen LogP contribution in [0.15, 0.2) is 30.3 Å². The van der Waals surface area contributed by atoms with Crippen LogP contribution < -0.4 is 24.4 Å². The minimum Gasteiger partial charge on any atom is -0.490 e. The lowest BCUT2D eigenvalue weighted by Crippen LogP contribution is -2.25. The number of carbonyl (C=O) groups is 2. The van der Waals surface area contributed by atoms with E-state index in [1.165, 1.54) is 0 Å². The van der Waals surface area contributed by atoms with E-state index in [1.807, 2.05) is 39.0 Å². The molecule has 7 heteroatoms. The largest absolute Gasteiger partial charge is 0.490 e. The van der Waals surface area contributed by atoms with Gasteiger partial charge in [-0.2, -0.15) is 0 Å². The second-order valence-corrected chi connectivity index (χ2v) is 6.82. The lowest BCUT2D eigenvalue weighted by atomic mass is 10.1. The van der Waals surface area contributed by atoms with Crippen molar-refractivity contribution < 1.29 is 23.8 Å². The summed E-state index contributed by atoms with van der Waals surface area (Å²) in [7, 11) is 0. The molecule has 3 rings (SSSR count). The minimum atomic E-state index is -0.299. The first kappa shape index (κ1) is 21.5. The van der Waals surface area contributed by atoms with Crippen LogP contribution in [0, 0.1) is 0 Å². The highest BCUT2D eigenvalue weighted by Gasteiger charge is 2.23. The molecule has 1 heterocycles. The zero-order valence-electron chi connectivity index (χ0n) is 17.9. The van der Waals surface area contributed by atoms with E-state index in [0.717, 1.165) is 17.7 Å². The van der Waals surface area contributed by atoms with Crippen molar-refractivity contribution in [3.05, 3.63) is 41.5 Å². The molecule has 0 atom stereocenters. The summed E-state index contributed by atoms with van der Waals surface area (Å²) in [4.78, 5) is 26.5.